The molecule has 0 bridgehead atoms. The summed E-state index contributed by atoms with van der Waals surface area (Å²) in [4.78, 5) is 22.0. The van der Waals surface area contributed by atoms with Gasteiger partial charge in [-0.15, -0.1) is 0 Å². The van der Waals surface area contributed by atoms with Crippen LogP contribution in [0.15, 0.2) is 0 Å². The summed E-state index contributed by atoms with van der Waals surface area (Å²) in [6.07, 6.45) is 0.786. The molecule has 0 spiro atoms. The summed E-state index contributed by atoms with van der Waals surface area (Å²) >= 11 is 0. The van der Waals surface area contributed by atoms with Crippen molar-refractivity contribution in [3.63, 3.8) is 0 Å². The molecule has 0 saturated carbocycles. The minimum absolute atomic E-state index is 0.0613. The zero-order valence-corrected chi connectivity index (χ0v) is 9.59. The largest absolute Gasteiger partial charge is 0.480 e. The third kappa shape index (κ3) is 4.78. The number of carboxylic acids is 1. The number of carbonyl (C=O) groups is 2. The third-order valence-corrected chi connectivity index (χ3v) is 2.42. The monoisotopic (exact) mass is 216 g/mol. The van der Waals surface area contributed by atoms with Gasteiger partial charge in [-0.2, -0.15) is 0 Å². The van der Waals surface area contributed by atoms with Crippen LogP contribution >= 0.6 is 0 Å². The SMILES string of the molecule is CCNC(=O)CCNC(C)(CC)C(=O)O. The average molecular weight is 216 g/mol. The van der Waals surface area contributed by atoms with E-state index in [4.69, 9.17) is 5.11 Å². The zero-order chi connectivity index (χ0) is 11.9. The molecule has 1 amide bonds. The molecular weight excluding hydrogens is 196 g/mol. The van der Waals surface area contributed by atoms with Crippen LogP contribution in [0.4, 0.5) is 0 Å². The van der Waals surface area contributed by atoms with E-state index in [9.17, 15) is 9.59 Å². The van der Waals surface area contributed by atoms with E-state index in [1.165, 1.54) is 0 Å². The Morgan fingerprint density at radius 1 is 1.33 bits per heavy atom. The van der Waals surface area contributed by atoms with Crippen LogP contribution in [-0.2, 0) is 9.59 Å². The van der Waals surface area contributed by atoms with Crippen molar-refractivity contribution < 1.29 is 14.7 Å². The van der Waals surface area contributed by atoms with Crippen LogP contribution in [0.25, 0.3) is 0 Å². The van der Waals surface area contributed by atoms with E-state index in [0.29, 0.717) is 25.9 Å². The summed E-state index contributed by atoms with van der Waals surface area (Å²) in [6.45, 7) is 6.24. The highest BCUT2D eigenvalue weighted by atomic mass is 16.4. The Morgan fingerprint density at radius 3 is 2.33 bits per heavy atom. The Bertz CT molecular complexity index is 231. The van der Waals surface area contributed by atoms with Crippen LogP contribution in [0.1, 0.15) is 33.6 Å². The van der Waals surface area contributed by atoms with Crippen molar-refractivity contribution in [1.29, 1.82) is 0 Å². The lowest BCUT2D eigenvalue weighted by atomic mass is 9.99. The van der Waals surface area contributed by atoms with Crippen molar-refractivity contribution in [2.75, 3.05) is 13.1 Å². The minimum Gasteiger partial charge on any atom is -0.480 e. The first-order chi connectivity index (χ1) is 6.96. The van der Waals surface area contributed by atoms with E-state index in [1.807, 2.05) is 6.92 Å². The maximum atomic E-state index is 11.1. The number of aliphatic carboxylic acids is 1. The Morgan fingerprint density at radius 2 is 1.93 bits per heavy atom. The second kappa shape index (κ2) is 6.40. The smallest absolute Gasteiger partial charge is 0.323 e. The Kier molecular flexibility index (Phi) is 5.93. The molecule has 0 radical (unpaired) electrons. The van der Waals surface area contributed by atoms with Crippen LogP contribution in [0.5, 0.6) is 0 Å². The molecule has 15 heavy (non-hydrogen) atoms. The lowest BCUT2D eigenvalue weighted by Gasteiger charge is -2.24. The standard InChI is InChI=1S/C10H20N2O3/c1-4-10(3,9(14)15)12-7-6-8(13)11-5-2/h12H,4-7H2,1-3H3,(H,11,13)(H,14,15). The molecule has 0 aromatic carbocycles. The number of nitrogens with one attached hydrogen (secondary N) is 2. The second-order valence-corrected chi connectivity index (χ2v) is 3.62. The number of hydrogen-bond donors (Lipinski definition) is 3. The van der Waals surface area contributed by atoms with Crippen LogP contribution in [0.3, 0.4) is 0 Å². The molecule has 5 heteroatoms. The van der Waals surface area contributed by atoms with Crippen molar-refractivity contribution in [2.24, 2.45) is 0 Å². The zero-order valence-electron chi connectivity index (χ0n) is 9.59. The number of carbonyl (C=O) groups excluding carboxylic acids is 1. The van der Waals surface area contributed by atoms with Crippen LogP contribution in [-0.4, -0.2) is 35.6 Å². The fraction of sp³-hybridized carbons (Fsp3) is 0.800. The van der Waals surface area contributed by atoms with Gasteiger partial charge >= 0.3 is 5.97 Å². The van der Waals surface area contributed by atoms with Gasteiger partial charge in [0.05, 0.1) is 0 Å². The van der Waals surface area contributed by atoms with Crippen molar-refractivity contribution in [1.82, 2.24) is 10.6 Å². The summed E-state index contributed by atoms with van der Waals surface area (Å²) in [6, 6.07) is 0. The number of carboxylic acid groups (broad SMARTS) is 1. The van der Waals surface area contributed by atoms with Gasteiger partial charge < -0.3 is 15.7 Å². The summed E-state index contributed by atoms with van der Waals surface area (Å²) < 4.78 is 0. The molecule has 0 aromatic rings. The molecule has 0 aromatic heterocycles. The highest BCUT2D eigenvalue weighted by Crippen LogP contribution is 2.08. The summed E-state index contributed by atoms with van der Waals surface area (Å²) in [5.74, 6) is -0.949. The van der Waals surface area contributed by atoms with Gasteiger partial charge in [0, 0.05) is 19.5 Å². The first-order valence-corrected chi connectivity index (χ1v) is 5.21. The summed E-state index contributed by atoms with van der Waals surface area (Å²) in [5.41, 5.74) is -0.938. The Balaban J connectivity index is 3.92. The molecule has 88 valence electrons. The molecule has 5 nitrogen and oxygen atoms in total. The van der Waals surface area contributed by atoms with Gasteiger partial charge in [-0.05, 0) is 20.3 Å². The van der Waals surface area contributed by atoms with Crippen LogP contribution in [0.2, 0.25) is 0 Å². The van der Waals surface area contributed by atoms with Crippen LogP contribution in [0, 0.1) is 0 Å². The van der Waals surface area contributed by atoms with Crippen molar-refractivity contribution in [3.05, 3.63) is 0 Å². The van der Waals surface area contributed by atoms with Gasteiger partial charge in [-0.1, -0.05) is 6.92 Å². The molecule has 0 fully saturated rings. The number of hydrogen-bond acceptors (Lipinski definition) is 3. The summed E-state index contributed by atoms with van der Waals surface area (Å²) in [7, 11) is 0. The van der Waals surface area contributed by atoms with Crippen LogP contribution < -0.4 is 10.6 Å². The highest BCUT2D eigenvalue weighted by molar-refractivity contribution is 5.78. The maximum absolute atomic E-state index is 11.1. The van der Waals surface area contributed by atoms with Gasteiger partial charge in [0.2, 0.25) is 5.91 Å². The van der Waals surface area contributed by atoms with E-state index in [1.54, 1.807) is 13.8 Å². The predicted octanol–water partition coefficient (Wildman–Crippen LogP) is 0.355. The molecule has 0 rings (SSSR count). The molecule has 1 atom stereocenters. The molecule has 0 aliphatic carbocycles. The maximum Gasteiger partial charge on any atom is 0.323 e. The van der Waals surface area contributed by atoms with E-state index >= 15 is 0 Å². The lowest BCUT2D eigenvalue weighted by Crippen LogP contribution is -2.49. The van der Waals surface area contributed by atoms with Crippen molar-refractivity contribution in [2.45, 2.75) is 39.2 Å². The molecule has 0 heterocycles. The molecule has 0 aliphatic rings. The van der Waals surface area contributed by atoms with Gasteiger partial charge in [0.1, 0.15) is 5.54 Å². The topological polar surface area (TPSA) is 78.4 Å². The molecule has 0 saturated heterocycles. The average Bonchev–Trinajstić information content (AvgIpc) is 2.17. The number of amides is 1. The first kappa shape index (κ1) is 13.9. The number of rotatable bonds is 7. The molecular formula is C10H20N2O3. The third-order valence-electron chi connectivity index (χ3n) is 2.42. The van der Waals surface area contributed by atoms with E-state index < -0.39 is 11.5 Å². The fourth-order valence-corrected chi connectivity index (χ4v) is 1.09. The first-order valence-electron chi connectivity index (χ1n) is 5.21. The van der Waals surface area contributed by atoms with Gasteiger partial charge in [0.25, 0.3) is 0 Å². The quantitative estimate of drug-likeness (QED) is 0.574. The second-order valence-electron chi connectivity index (χ2n) is 3.62. The van der Waals surface area contributed by atoms with Gasteiger partial charge in [0.15, 0.2) is 0 Å². The van der Waals surface area contributed by atoms with Crippen molar-refractivity contribution >= 4 is 11.9 Å². The Hall–Kier alpha value is -1.10. The predicted molar refractivity (Wildman–Crippen MR) is 57.6 cm³/mol. The molecule has 0 aliphatic heterocycles. The minimum atomic E-state index is -0.938. The van der Waals surface area contributed by atoms with E-state index in [0.717, 1.165) is 0 Å². The molecule has 3 N–H and O–H groups in total. The summed E-state index contributed by atoms with van der Waals surface area (Å²) in [5, 5.41) is 14.5. The fourth-order valence-electron chi connectivity index (χ4n) is 1.09. The lowest BCUT2D eigenvalue weighted by molar-refractivity contribution is -0.144. The Labute approximate surface area is 90.2 Å². The van der Waals surface area contributed by atoms with Crippen molar-refractivity contribution in [3.8, 4) is 0 Å². The molecule has 1 unspecified atom stereocenters. The van der Waals surface area contributed by atoms with Gasteiger partial charge in [-0.3, -0.25) is 9.59 Å². The highest BCUT2D eigenvalue weighted by Gasteiger charge is 2.29. The van der Waals surface area contributed by atoms with Gasteiger partial charge in [-0.25, -0.2) is 0 Å². The normalized spacial score (nSPS) is 14.3. The van der Waals surface area contributed by atoms with E-state index in [2.05, 4.69) is 10.6 Å². The van der Waals surface area contributed by atoms with E-state index in [-0.39, 0.29) is 5.91 Å².